The molecule has 2 aliphatic rings. The molecule has 1 saturated heterocycles. The molecule has 1 heterocycles. The standard InChI is InChI=1S/C62H119N3O10/c1-5-9-13-16-17-18-19-23-30-48-71-59(67)36-27-26-29-43-65-55-57(70-53-35-42-63(41-28-12-8-4)44-45-64(46-47-66)56-37-38-56)54-58(65)62(69)75-52-34-25-20-24-31-49-72-60(68)39-40-61(73-50-32-21-14-10-6-2)74-51-33-22-15-11-7-3/h56-58,61,66H,5-55H2,1-4H3. The van der Waals surface area contributed by atoms with Crippen LogP contribution in [0.4, 0.5) is 0 Å². The summed E-state index contributed by atoms with van der Waals surface area (Å²) in [6, 6.07) is 0.324. The smallest absolute Gasteiger partial charge is 0.323 e. The summed E-state index contributed by atoms with van der Waals surface area (Å²) in [5, 5.41) is 9.62. The quantitative estimate of drug-likeness (QED) is 0.0268. The van der Waals surface area contributed by atoms with Crippen LogP contribution >= 0.6 is 0 Å². The summed E-state index contributed by atoms with van der Waals surface area (Å²) in [7, 11) is 0. The first-order valence-electron chi connectivity index (χ1n) is 32.0. The highest BCUT2D eigenvalue weighted by Crippen LogP contribution is 2.27. The van der Waals surface area contributed by atoms with Gasteiger partial charge in [-0.25, -0.2) is 0 Å². The summed E-state index contributed by atoms with van der Waals surface area (Å²) in [4.78, 5) is 46.0. The molecular formula is C62H119N3O10. The van der Waals surface area contributed by atoms with Crippen LogP contribution in [0.25, 0.3) is 0 Å². The van der Waals surface area contributed by atoms with Crippen molar-refractivity contribution in [1.29, 1.82) is 0 Å². The van der Waals surface area contributed by atoms with Crippen LogP contribution in [-0.4, -0.2) is 154 Å². The van der Waals surface area contributed by atoms with Crippen molar-refractivity contribution in [2.75, 3.05) is 92.1 Å². The molecule has 75 heavy (non-hydrogen) atoms. The first kappa shape index (κ1) is 69.2. The van der Waals surface area contributed by atoms with Crippen LogP contribution in [0.2, 0.25) is 0 Å². The minimum absolute atomic E-state index is 0.0190. The number of unbranched alkanes of at least 4 members (excludes halogenated alkanes) is 24. The van der Waals surface area contributed by atoms with Gasteiger partial charge in [0.05, 0.1) is 39.0 Å². The van der Waals surface area contributed by atoms with Crippen molar-refractivity contribution in [3.05, 3.63) is 0 Å². The molecule has 0 amide bonds. The van der Waals surface area contributed by atoms with Crippen molar-refractivity contribution in [3.8, 4) is 0 Å². The molecule has 1 N–H and O–H groups in total. The Bertz CT molecular complexity index is 1290. The fraction of sp³-hybridized carbons (Fsp3) is 0.952. The molecule has 0 aromatic heterocycles. The number of carbonyl (C=O) groups excluding carboxylic acids is 3. The molecule has 0 spiro atoms. The van der Waals surface area contributed by atoms with Crippen LogP contribution in [0.3, 0.4) is 0 Å². The Hall–Kier alpha value is -1.87. The molecule has 2 fully saturated rings. The van der Waals surface area contributed by atoms with E-state index in [0.717, 1.165) is 136 Å². The number of carbonyl (C=O) groups is 3. The summed E-state index contributed by atoms with van der Waals surface area (Å²) in [6.07, 6.45) is 38.7. The second-order valence-corrected chi connectivity index (χ2v) is 22.2. The molecule has 13 heteroatoms. The van der Waals surface area contributed by atoms with Crippen molar-refractivity contribution in [3.63, 3.8) is 0 Å². The van der Waals surface area contributed by atoms with Crippen molar-refractivity contribution in [1.82, 2.24) is 14.7 Å². The van der Waals surface area contributed by atoms with Gasteiger partial charge in [0.1, 0.15) is 6.04 Å². The molecule has 2 rings (SSSR count). The van der Waals surface area contributed by atoms with E-state index in [0.29, 0.717) is 77.9 Å². The highest BCUT2D eigenvalue weighted by Gasteiger charge is 2.38. The fourth-order valence-corrected chi connectivity index (χ4v) is 10.2. The topological polar surface area (TPSA) is 137 Å². The highest BCUT2D eigenvalue weighted by molar-refractivity contribution is 5.76. The molecule has 442 valence electrons. The third kappa shape index (κ3) is 40.0. The van der Waals surface area contributed by atoms with Crippen LogP contribution < -0.4 is 0 Å². The zero-order chi connectivity index (χ0) is 54.1. The van der Waals surface area contributed by atoms with Crippen molar-refractivity contribution in [2.24, 2.45) is 0 Å². The first-order valence-corrected chi connectivity index (χ1v) is 32.0. The SMILES string of the molecule is CCCCCCCCCCCOC(=O)CCCCCN1CC(OCCCN(CCCCC)CCN(CCO)C2CC2)CC1C(=O)OCCCCCCCOC(=O)CCC(OCCCCCCC)OCCCCCCC. The van der Waals surface area contributed by atoms with E-state index < -0.39 is 0 Å². The molecule has 2 atom stereocenters. The van der Waals surface area contributed by atoms with Gasteiger partial charge in [0.25, 0.3) is 0 Å². The van der Waals surface area contributed by atoms with Gasteiger partial charge in [-0.3, -0.25) is 24.2 Å². The Morgan fingerprint density at radius 2 is 0.973 bits per heavy atom. The normalized spacial score (nSPS) is 16.0. The van der Waals surface area contributed by atoms with Gasteiger partial charge >= 0.3 is 17.9 Å². The predicted octanol–water partition coefficient (Wildman–Crippen LogP) is 13.5. The van der Waals surface area contributed by atoms with Crippen molar-refractivity contribution >= 4 is 17.9 Å². The Morgan fingerprint density at radius 3 is 1.52 bits per heavy atom. The van der Waals surface area contributed by atoms with E-state index >= 15 is 0 Å². The van der Waals surface area contributed by atoms with Crippen molar-refractivity contribution < 1.29 is 47.9 Å². The largest absolute Gasteiger partial charge is 0.466 e. The van der Waals surface area contributed by atoms with Gasteiger partial charge in [-0.05, 0) is 83.7 Å². The van der Waals surface area contributed by atoms with Crippen LogP contribution in [0.5, 0.6) is 0 Å². The van der Waals surface area contributed by atoms with E-state index in [1.807, 2.05) is 0 Å². The van der Waals surface area contributed by atoms with Crippen LogP contribution in [-0.2, 0) is 42.8 Å². The number of hydrogen-bond donors (Lipinski definition) is 1. The molecule has 1 aliphatic heterocycles. The lowest BCUT2D eigenvalue weighted by atomic mass is 10.1. The lowest BCUT2D eigenvalue weighted by Crippen LogP contribution is -2.39. The third-order valence-corrected chi connectivity index (χ3v) is 15.2. The first-order chi connectivity index (χ1) is 36.8. The van der Waals surface area contributed by atoms with Gasteiger partial charge in [-0.15, -0.1) is 0 Å². The second-order valence-electron chi connectivity index (χ2n) is 22.2. The summed E-state index contributed by atoms with van der Waals surface area (Å²) < 4.78 is 35.7. The summed E-state index contributed by atoms with van der Waals surface area (Å²) >= 11 is 0. The summed E-state index contributed by atoms with van der Waals surface area (Å²) in [5.41, 5.74) is 0. The maximum Gasteiger partial charge on any atom is 0.323 e. The lowest BCUT2D eigenvalue weighted by molar-refractivity contribution is -0.159. The van der Waals surface area contributed by atoms with E-state index in [-0.39, 0.29) is 43.0 Å². The third-order valence-electron chi connectivity index (χ3n) is 15.2. The molecule has 0 radical (unpaired) electrons. The average Bonchev–Trinajstić information content (AvgIpc) is 4.18. The molecule has 0 aromatic carbocycles. The lowest BCUT2D eigenvalue weighted by Gasteiger charge is -2.27. The van der Waals surface area contributed by atoms with Gasteiger partial charge in [-0.1, -0.05) is 169 Å². The number of rotatable bonds is 57. The average molecular weight is 1070 g/mol. The highest BCUT2D eigenvalue weighted by atomic mass is 16.7. The Kier molecular flexibility index (Phi) is 46.5. The Labute approximate surface area is 460 Å². The minimum Gasteiger partial charge on any atom is -0.466 e. The van der Waals surface area contributed by atoms with Crippen molar-refractivity contribution in [2.45, 2.75) is 290 Å². The predicted molar refractivity (Wildman–Crippen MR) is 306 cm³/mol. The van der Waals surface area contributed by atoms with E-state index in [1.54, 1.807) is 0 Å². The van der Waals surface area contributed by atoms with Gasteiger partial charge in [0, 0.05) is 77.8 Å². The number of likely N-dealkylation sites (tertiary alicyclic amines) is 1. The van der Waals surface area contributed by atoms with Crippen LogP contribution in [0, 0.1) is 0 Å². The Morgan fingerprint density at radius 1 is 0.493 bits per heavy atom. The van der Waals surface area contributed by atoms with Gasteiger partial charge in [-0.2, -0.15) is 0 Å². The van der Waals surface area contributed by atoms with Crippen LogP contribution in [0.15, 0.2) is 0 Å². The maximum absolute atomic E-state index is 13.6. The summed E-state index contributed by atoms with van der Waals surface area (Å²) in [5.74, 6) is -0.444. The molecule has 0 aromatic rings. The monoisotopic (exact) mass is 1070 g/mol. The molecule has 13 nitrogen and oxygen atoms in total. The van der Waals surface area contributed by atoms with E-state index in [1.165, 1.54) is 116 Å². The van der Waals surface area contributed by atoms with Gasteiger partial charge < -0.3 is 38.4 Å². The van der Waals surface area contributed by atoms with Gasteiger partial charge in [0.15, 0.2) is 6.29 Å². The molecule has 1 aliphatic carbocycles. The number of aliphatic hydroxyl groups excluding tert-OH is 1. The Balaban J connectivity index is 1.74. The molecular weight excluding hydrogens is 947 g/mol. The van der Waals surface area contributed by atoms with E-state index in [2.05, 4.69) is 42.4 Å². The number of esters is 3. The van der Waals surface area contributed by atoms with E-state index in [9.17, 15) is 19.5 Å². The number of nitrogens with zero attached hydrogens (tertiary/aromatic N) is 3. The van der Waals surface area contributed by atoms with Gasteiger partial charge in [0.2, 0.25) is 0 Å². The number of aliphatic hydroxyl groups is 1. The fourth-order valence-electron chi connectivity index (χ4n) is 10.2. The summed E-state index contributed by atoms with van der Waals surface area (Å²) in [6.45, 7) is 18.9. The zero-order valence-electron chi connectivity index (χ0n) is 49.3. The second kappa shape index (κ2) is 50.4. The van der Waals surface area contributed by atoms with Crippen LogP contribution in [0.1, 0.15) is 265 Å². The number of hydrogen-bond acceptors (Lipinski definition) is 13. The minimum atomic E-state index is -0.354. The molecule has 0 bridgehead atoms. The molecule has 2 unspecified atom stereocenters. The maximum atomic E-state index is 13.6. The number of ether oxygens (including phenoxy) is 6. The zero-order valence-corrected chi connectivity index (χ0v) is 49.3. The van der Waals surface area contributed by atoms with E-state index in [4.69, 9.17) is 28.4 Å². The molecule has 1 saturated carbocycles.